The third-order valence-corrected chi connectivity index (χ3v) is 4.85. The first-order chi connectivity index (χ1) is 9.15. The van der Waals surface area contributed by atoms with E-state index in [0.717, 1.165) is 19.7 Å². The molecule has 1 aliphatic carbocycles. The average Bonchev–Trinajstić information content (AvgIpc) is 2.40. The number of ether oxygens (including phenoxy) is 1. The molecule has 112 valence electrons. The number of nitrogens with zero attached hydrogens (tertiary/aromatic N) is 1. The molecule has 3 heteroatoms. The fourth-order valence-electron chi connectivity index (χ4n) is 3.67. The van der Waals surface area contributed by atoms with Gasteiger partial charge in [-0.1, -0.05) is 26.2 Å². The predicted molar refractivity (Wildman–Crippen MR) is 80.6 cm³/mol. The summed E-state index contributed by atoms with van der Waals surface area (Å²) in [5.41, 5.74) is 0.418. The molecule has 0 radical (unpaired) electrons. The molecule has 1 spiro atoms. The van der Waals surface area contributed by atoms with Crippen LogP contribution in [-0.4, -0.2) is 48.8 Å². The first kappa shape index (κ1) is 15.3. The Morgan fingerprint density at radius 3 is 2.63 bits per heavy atom. The summed E-state index contributed by atoms with van der Waals surface area (Å²) in [6.45, 7) is 10.9. The molecule has 1 heterocycles. The van der Waals surface area contributed by atoms with Crippen molar-refractivity contribution in [1.82, 2.24) is 10.2 Å². The van der Waals surface area contributed by atoms with Crippen molar-refractivity contribution >= 4 is 0 Å². The minimum Gasteiger partial charge on any atom is -0.377 e. The maximum absolute atomic E-state index is 5.75. The van der Waals surface area contributed by atoms with Crippen LogP contribution >= 0.6 is 0 Å². The lowest BCUT2D eigenvalue weighted by Gasteiger charge is -2.49. The maximum atomic E-state index is 5.75. The van der Waals surface area contributed by atoms with Crippen LogP contribution in [0.15, 0.2) is 0 Å². The van der Waals surface area contributed by atoms with Gasteiger partial charge in [-0.15, -0.1) is 0 Å². The summed E-state index contributed by atoms with van der Waals surface area (Å²) in [7, 11) is 0. The van der Waals surface area contributed by atoms with E-state index >= 15 is 0 Å². The normalized spacial score (nSPS) is 28.1. The van der Waals surface area contributed by atoms with Crippen molar-refractivity contribution in [2.75, 3.05) is 26.2 Å². The van der Waals surface area contributed by atoms with Crippen molar-refractivity contribution in [2.24, 2.45) is 0 Å². The zero-order chi connectivity index (χ0) is 13.7. The molecule has 0 bridgehead atoms. The van der Waals surface area contributed by atoms with Crippen molar-refractivity contribution in [3.05, 3.63) is 0 Å². The van der Waals surface area contributed by atoms with E-state index in [4.69, 9.17) is 4.74 Å². The van der Waals surface area contributed by atoms with Crippen LogP contribution in [0.25, 0.3) is 0 Å². The minimum atomic E-state index is 0.353. The molecule has 0 amide bonds. The highest BCUT2D eigenvalue weighted by atomic mass is 16.5. The average molecular weight is 268 g/mol. The molecule has 1 saturated heterocycles. The van der Waals surface area contributed by atoms with Gasteiger partial charge in [0.25, 0.3) is 0 Å². The largest absolute Gasteiger partial charge is 0.377 e. The number of nitrogens with one attached hydrogen (secondary N) is 1. The lowest BCUT2D eigenvalue weighted by atomic mass is 9.79. The van der Waals surface area contributed by atoms with Gasteiger partial charge in [-0.3, -0.25) is 4.90 Å². The summed E-state index contributed by atoms with van der Waals surface area (Å²) in [4.78, 5) is 2.68. The van der Waals surface area contributed by atoms with E-state index in [1.165, 1.54) is 45.1 Å². The van der Waals surface area contributed by atoms with Crippen LogP contribution in [0.3, 0.4) is 0 Å². The van der Waals surface area contributed by atoms with Crippen LogP contribution in [0.2, 0.25) is 0 Å². The highest BCUT2D eigenvalue weighted by Crippen LogP contribution is 2.32. The van der Waals surface area contributed by atoms with E-state index in [0.29, 0.717) is 17.7 Å². The summed E-state index contributed by atoms with van der Waals surface area (Å²) in [5, 5.41) is 3.88. The summed E-state index contributed by atoms with van der Waals surface area (Å²) in [6, 6.07) is 0.698. The van der Waals surface area contributed by atoms with Gasteiger partial charge in [0, 0.05) is 31.2 Å². The smallest absolute Gasteiger partial charge is 0.0597 e. The molecule has 1 atom stereocenters. The van der Waals surface area contributed by atoms with Gasteiger partial charge >= 0.3 is 0 Å². The van der Waals surface area contributed by atoms with Crippen LogP contribution in [0.5, 0.6) is 0 Å². The summed E-state index contributed by atoms with van der Waals surface area (Å²) < 4.78 is 5.75. The molecule has 0 aromatic heterocycles. The van der Waals surface area contributed by atoms with Crippen LogP contribution < -0.4 is 5.32 Å². The molecule has 1 unspecified atom stereocenters. The second kappa shape index (κ2) is 7.05. The van der Waals surface area contributed by atoms with Crippen molar-refractivity contribution in [1.29, 1.82) is 0 Å². The first-order valence-corrected chi connectivity index (χ1v) is 8.26. The Labute approximate surface area is 119 Å². The van der Waals surface area contributed by atoms with Crippen LogP contribution in [0, 0.1) is 0 Å². The fraction of sp³-hybridized carbons (Fsp3) is 1.00. The second-order valence-electron chi connectivity index (χ2n) is 6.67. The topological polar surface area (TPSA) is 24.5 Å². The minimum absolute atomic E-state index is 0.353. The standard InChI is InChI=1S/C16H32N2O/c1-4-15-12-17-16(8-6-5-7-9-16)13-18(15)10-11-19-14(2)3/h14-15,17H,4-13H2,1-3H3. The quantitative estimate of drug-likeness (QED) is 0.830. The molecule has 1 saturated carbocycles. The SMILES string of the molecule is CCC1CNC2(CCCCC2)CN1CCOC(C)C. The van der Waals surface area contributed by atoms with Crippen molar-refractivity contribution in [3.8, 4) is 0 Å². The Bertz CT molecular complexity index is 261. The predicted octanol–water partition coefficient (Wildman–Crippen LogP) is 2.80. The van der Waals surface area contributed by atoms with E-state index in [1.54, 1.807) is 0 Å². The third kappa shape index (κ3) is 4.17. The second-order valence-corrected chi connectivity index (χ2v) is 6.67. The van der Waals surface area contributed by atoms with E-state index in [2.05, 4.69) is 31.0 Å². The van der Waals surface area contributed by atoms with Gasteiger partial charge < -0.3 is 10.1 Å². The van der Waals surface area contributed by atoms with Crippen LogP contribution in [0.4, 0.5) is 0 Å². The van der Waals surface area contributed by atoms with Crippen LogP contribution in [0.1, 0.15) is 59.3 Å². The first-order valence-electron chi connectivity index (χ1n) is 8.26. The number of rotatable bonds is 5. The van der Waals surface area contributed by atoms with Crippen molar-refractivity contribution in [3.63, 3.8) is 0 Å². The summed E-state index contributed by atoms with van der Waals surface area (Å²) in [6.07, 6.45) is 8.56. The monoisotopic (exact) mass is 268 g/mol. The lowest BCUT2D eigenvalue weighted by molar-refractivity contribution is 0.0113. The zero-order valence-corrected chi connectivity index (χ0v) is 13.1. The number of hydrogen-bond acceptors (Lipinski definition) is 3. The third-order valence-electron chi connectivity index (χ3n) is 4.85. The molecule has 2 fully saturated rings. The van der Waals surface area contributed by atoms with Gasteiger partial charge in [-0.25, -0.2) is 0 Å². The van der Waals surface area contributed by atoms with E-state index in [-0.39, 0.29) is 0 Å². The Balaban J connectivity index is 1.88. The van der Waals surface area contributed by atoms with E-state index < -0.39 is 0 Å². The molecular weight excluding hydrogens is 236 g/mol. The Kier molecular flexibility index (Phi) is 5.67. The number of hydrogen-bond donors (Lipinski definition) is 1. The Hall–Kier alpha value is -0.120. The summed E-state index contributed by atoms with van der Waals surface area (Å²) in [5.74, 6) is 0. The molecule has 2 aliphatic rings. The molecule has 1 aliphatic heterocycles. The van der Waals surface area contributed by atoms with Crippen molar-refractivity contribution in [2.45, 2.75) is 77.0 Å². The van der Waals surface area contributed by atoms with Gasteiger partial charge in [0.1, 0.15) is 0 Å². The zero-order valence-electron chi connectivity index (χ0n) is 13.1. The molecule has 0 aromatic carbocycles. The van der Waals surface area contributed by atoms with Gasteiger partial charge in [-0.05, 0) is 33.1 Å². The van der Waals surface area contributed by atoms with Gasteiger partial charge in [0.15, 0.2) is 0 Å². The molecule has 3 nitrogen and oxygen atoms in total. The Morgan fingerprint density at radius 2 is 2.00 bits per heavy atom. The highest BCUT2D eigenvalue weighted by molar-refractivity contribution is 4.99. The van der Waals surface area contributed by atoms with E-state index in [9.17, 15) is 0 Å². The molecule has 1 N–H and O–H groups in total. The lowest BCUT2D eigenvalue weighted by Crippen LogP contribution is -2.65. The maximum Gasteiger partial charge on any atom is 0.0597 e. The van der Waals surface area contributed by atoms with E-state index in [1.807, 2.05) is 0 Å². The molecular formula is C16H32N2O. The van der Waals surface area contributed by atoms with Gasteiger partial charge in [0.05, 0.1) is 12.7 Å². The Morgan fingerprint density at radius 1 is 1.26 bits per heavy atom. The van der Waals surface area contributed by atoms with Crippen LogP contribution in [-0.2, 0) is 4.74 Å². The summed E-state index contributed by atoms with van der Waals surface area (Å²) >= 11 is 0. The molecule has 2 rings (SSSR count). The van der Waals surface area contributed by atoms with Gasteiger partial charge in [-0.2, -0.15) is 0 Å². The van der Waals surface area contributed by atoms with Gasteiger partial charge in [0.2, 0.25) is 0 Å². The number of piperazine rings is 1. The molecule has 19 heavy (non-hydrogen) atoms. The fourth-order valence-corrected chi connectivity index (χ4v) is 3.67. The van der Waals surface area contributed by atoms with Crippen molar-refractivity contribution < 1.29 is 4.74 Å². The highest BCUT2D eigenvalue weighted by Gasteiger charge is 2.38. The molecule has 0 aromatic rings.